The highest BCUT2D eigenvalue weighted by atomic mass is 35.5. The van der Waals surface area contributed by atoms with Crippen molar-refractivity contribution >= 4 is 38.8 Å². The molecule has 2 aromatic carbocycles. The molecule has 1 heterocycles. The van der Waals surface area contributed by atoms with Gasteiger partial charge in [0.25, 0.3) is 5.69 Å². The number of sulfonamides is 1. The number of aryl methyl sites for hydroxylation is 1. The molecule has 1 fully saturated rings. The summed E-state index contributed by atoms with van der Waals surface area (Å²) >= 11 is 6.27. The van der Waals surface area contributed by atoms with E-state index < -0.39 is 14.9 Å². The first kappa shape index (κ1) is 21.2. The molecule has 154 valence electrons. The van der Waals surface area contributed by atoms with Crippen molar-refractivity contribution in [3.05, 3.63) is 62.7 Å². The Bertz CT molecular complexity index is 1040. The number of hydrogen-bond acceptors (Lipinski definition) is 6. The van der Waals surface area contributed by atoms with E-state index in [1.54, 1.807) is 6.92 Å². The Labute approximate surface area is 173 Å². The molecular weight excluding hydrogens is 418 g/mol. The number of benzene rings is 2. The third-order valence-electron chi connectivity index (χ3n) is 4.90. The first-order valence-corrected chi connectivity index (χ1v) is 10.7. The van der Waals surface area contributed by atoms with Gasteiger partial charge in [0.05, 0.1) is 20.5 Å². The molecular formula is C19H20ClN3O5S. The van der Waals surface area contributed by atoms with Gasteiger partial charge in [-0.05, 0) is 31.5 Å². The Balaban J connectivity index is 1.76. The van der Waals surface area contributed by atoms with Crippen LogP contribution in [0.25, 0.3) is 0 Å². The number of Topliss-reactive ketones (excluding diaryl/α,β-unsaturated/α-hetero) is 1. The fraction of sp³-hybridized carbons (Fsp3) is 0.316. The Morgan fingerprint density at radius 1 is 1.10 bits per heavy atom. The Morgan fingerprint density at radius 3 is 2.17 bits per heavy atom. The van der Waals surface area contributed by atoms with Gasteiger partial charge in [0.15, 0.2) is 5.78 Å². The lowest BCUT2D eigenvalue weighted by molar-refractivity contribution is -0.384. The smallest absolute Gasteiger partial charge is 0.271 e. The minimum Gasteiger partial charge on any atom is -0.367 e. The van der Waals surface area contributed by atoms with Gasteiger partial charge in [-0.3, -0.25) is 14.9 Å². The lowest BCUT2D eigenvalue weighted by atomic mass is 10.1. The van der Waals surface area contributed by atoms with Crippen molar-refractivity contribution in [1.82, 2.24) is 4.31 Å². The summed E-state index contributed by atoms with van der Waals surface area (Å²) in [6.07, 6.45) is 0. The van der Waals surface area contributed by atoms with Gasteiger partial charge in [-0.25, -0.2) is 8.42 Å². The molecule has 0 saturated carbocycles. The van der Waals surface area contributed by atoms with Crippen molar-refractivity contribution in [2.24, 2.45) is 0 Å². The fourth-order valence-electron chi connectivity index (χ4n) is 3.39. The molecule has 1 aliphatic heterocycles. The predicted molar refractivity (Wildman–Crippen MR) is 110 cm³/mol. The van der Waals surface area contributed by atoms with E-state index in [0.717, 1.165) is 0 Å². The van der Waals surface area contributed by atoms with E-state index in [1.165, 1.54) is 47.6 Å². The summed E-state index contributed by atoms with van der Waals surface area (Å²) in [5, 5.41) is 11.3. The van der Waals surface area contributed by atoms with Crippen LogP contribution in [-0.4, -0.2) is 49.6 Å². The number of hydrogen-bond donors (Lipinski definition) is 0. The van der Waals surface area contributed by atoms with Crippen LogP contribution < -0.4 is 4.90 Å². The zero-order valence-electron chi connectivity index (χ0n) is 16.0. The number of non-ortho nitro benzene ring substituents is 1. The van der Waals surface area contributed by atoms with E-state index in [9.17, 15) is 23.3 Å². The molecule has 0 spiro atoms. The maximum absolute atomic E-state index is 12.9. The Kier molecular flexibility index (Phi) is 5.92. The third kappa shape index (κ3) is 4.26. The van der Waals surface area contributed by atoms with Gasteiger partial charge < -0.3 is 4.90 Å². The molecule has 0 bridgehead atoms. The quantitative estimate of drug-likeness (QED) is 0.404. The fourth-order valence-corrected chi connectivity index (χ4v) is 5.19. The van der Waals surface area contributed by atoms with Crippen molar-refractivity contribution in [2.75, 3.05) is 31.1 Å². The zero-order chi connectivity index (χ0) is 21.3. The zero-order valence-corrected chi connectivity index (χ0v) is 17.5. The van der Waals surface area contributed by atoms with Gasteiger partial charge in [0.2, 0.25) is 10.0 Å². The third-order valence-corrected chi connectivity index (χ3v) is 7.10. The van der Waals surface area contributed by atoms with Crippen LogP contribution in [-0.2, 0) is 10.0 Å². The number of halogens is 1. The van der Waals surface area contributed by atoms with Gasteiger partial charge in [-0.15, -0.1) is 0 Å². The van der Waals surface area contributed by atoms with Crippen molar-refractivity contribution < 1.29 is 18.1 Å². The van der Waals surface area contributed by atoms with Gasteiger partial charge in [0, 0.05) is 43.9 Å². The van der Waals surface area contributed by atoms with E-state index in [4.69, 9.17) is 11.6 Å². The molecule has 2 aromatic rings. The maximum Gasteiger partial charge on any atom is 0.271 e. The summed E-state index contributed by atoms with van der Waals surface area (Å²) < 4.78 is 27.2. The van der Waals surface area contributed by atoms with E-state index in [2.05, 4.69) is 0 Å². The van der Waals surface area contributed by atoms with E-state index in [0.29, 0.717) is 29.9 Å². The molecule has 1 aliphatic rings. The second kappa shape index (κ2) is 8.10. The minimum absolute atomic E-state index is 0.0773. The number of anilines is 1. The van der Waals surface area contributed by atoms with Crippen molar-refractivity contribution in [2.45, 2.75) is 18.7 Å². The molecule has 10 heteroatoms. The summed E-state index contributed by atoms with van der Waals surface area (Å²) in [5.41, 5.74) is 1.73. The summed E-state index contributed by atoms with van der Waals surface area (Å²) in [6.45, 7) is 4.49. The number of nitrogens with zero attached hydrogens (tertiary/aromatic N) is 3. The van der Waals surface area contributed by atoms with Crippen LogP contribution in [0.1, 0.15) is 22.8 Å². The summed E-state index contributed by atoms with van der Waals surface area (Å²) in [6, 6.07) is 8.66. The molecule has 0 amide bonds. The van der Waals surface area contributed by atoms with Gasteiger partial charge >= 0.3 is 0 Å². The van der Waals surface area contributed by atoms with Crippen LogP contribution in [0.15, 0.2) is 41.3 Å². The highest BCUT2D eigenvalue weighted by Crippen LogP contribution is 2.34. The maximum atomic E-state index is 12.9. The number of carbonyl (C=O) groups excluding carboxylic acids is 1. The lowest BCUT2D eigenvalue weighted by Crippen LogP contribution is -2.49. The highest BCUT2D eigenvalue weighted by molar-refractivity contribution is 7.89. The SMILES string of the molecule is CC(=O)c1ccc(S(=O)(=O)N2CCN(c3c(C)cc([N+](=O)[O-])cc3Cl)CC2)cc1. The minimum atomic E-state index is -3.68. The van der Waals surface area contributed by atoms with E-state index >= 15 is 0 Å². The number of ketones is 1. The molecule has 3 rings (SSSR count). The van der Waals surface area contributed by atoms with Gasteiger partial charge in [-0.2, -0.15) is 4.31 Å². The molecule has 0 N–H and O–H groups in total. The molecule has 1 saturated heterocycles. The number of nitro groups is 1. The van der Waals surface area contributed by atoms with Crippen LogP contribution in [0.2, 0.25) is 5.02 Å². The summed E-state index contributed by atoms with van der Waals surface area (Å²) in [4.78, 5) is 23.9. The molecule has 8 nitrogen and oxygen atoms in total. The predicted octanol–water partition coefficient (Wildman–Crippen LogP) is 3.27. The largest absolute Gasteiger partial charge is 0.367 e. The number of nitro benzene ring substituents is 1. The number of rotatable bonds is 5. The monoisotopic (exact) mass is 437 g/mol. The highest BCUT2D eigenvalue weighted by Gasteiger charge is 2.30. The first-order valence-electron chi connectivity index (χ1n) is 8.92. The Hall–Kier alpha value is -2.49. The second-order valence-corrected chi connectivity index (χ2v) is 9.17. The number of piperazine rings is 1. The molecule has 0 unspecified atom stereocenters. The van der Waals surface area contributed by atoms with Crippen molar-refractivity contribution in [1.29, 1.82) is 0 Å². The average molecular weight is 438 g/mol. The van der Waals surface area contributed by atoms with Crippen molar-refractivity contribution in [3.8, 4) is 0 Å². The number of carbonyl (C=O) groups is 1. The van der Waals surface area contributed by atoms with Crippen LogP contribution >= 0.6 is 11.6 Å². The van der Waals surface area contributed by atoms with Gasteiger partial charge in [0.1, 0.15) is 0 Å². The molecule has 0 atom stereocenters. The first-order chi connectivity index (χ1) is 13.6. The molecule has 0 radical (unpaired) electrons. The summed E-state index contributed by atoms with van der Waals surface area (Å²) in [5.74, 6) is -0.127. The van der Waals surface area contributed by atoms with Crippen LogP contribution in [0.3, 0.4) is 0 Å². The summed E-state index contributed by atoms with van der Waals surface area (Å²) in [7, 11) is -3.68. The van der Waals surface area contributed by atoms with E-state index in [1.807, 2.05) is 4.90 Å². The average Bonchev–Trinajstić information content (AvgIpc) is 2.67. The standard InChI is InChI=1S/C19H20ClN3O5S/c1-13-11-16(23(25)26)12-18(20)19(13)21-7-9-22(10-8-21)29(27,28)17-5-3-15(4-6-17)14(2)24/h3-6,11-12H,7-10H2,1-2H3. The molecule has 0 aliphatic carbocycles. The van der Waals surface area contributed by atoms with Crippen LogP contribution in [0.5, 0.6) is 0 Å². The topological polar surface area (TPSA) is 101 Å². The normalized spacial score (nSPS) is 15.3. The van der Waals surface area contributed by atoms with Crippen LogP contribution in [0, 0.1) is 17.0 Å². The second-order valence-electron chi connectivity index (χ2n) is 6.82. The van der Waals surface area contributed by atoms with Crippen molar-refractivity contribution in [3.63, 3.8) is 0 Å². The Morgan fingerprint density at radius 2 is 1.69 bits per heavy atom. The molecule has 29 heavy (non-hydrogen) atoms. The molecule has 0 aromatic heterocycles. The lowest BCUT2D eigenvalue weighted by Gasteiger charge is -2.36. The van der Waals surface area contributed by atoms with Gasteiger partial charge in [-0.1, -0.05) is 23.7 Å². The van der Waals surface area contributed by atoms with E-state index in [-0.39, 0.29) is 34.5 Å². The van der Waals surface area contributed by atoms with Crippen LogP contribution in [0.4, 0.5) is 11.4 Å².